The molecule has 0 radical (unpaired) electrons. The monoisotopic (exact) mass is 376 g/mol. The van der Waals surface area contributed by atoms with E-state index in [4.69, 9.17) is 9.47 Å². The van der Waals surface area contributed by atoms with E-state index in [1.165, 1.54) is 5.56 Å². The molecule has 28 heavy (non-hydrogen) atoms. The molecule has 0 unspecified atom stereocenters. The van der Waals surface area contributed by atoms with E-state index in [0.717, 1.165) is 29.8 Å². The van der Waals surface area contributed by atoms with Gasteiger partial charge in [0.2, 0.25) is 5.88 Å². The van der Waals surface area contributed by atoms with E-state index in [2.05, 4.69) is 42.4 Å². The van der Waals surface area contributed by atoms with E-state index in [1.54, 1.807) is 32.8 Å². The maximum Gasteiger partial charge on any atom is 0.212 e. The van der Waals surface area contributed by atoms with Crippen molar-refractivity contribution in [3.05, 3.63) is 54.5 Å². The maximum absolute atomic E-state index is 5.20. The molecule has 0 aliphatic heterocycles. The van der Waals surface area contributed by atoms with Crippen molar-refractivity contribution in [2.24, 2.45) is 0 Å². The summed E-state index contributed by atoms with van der Waals surface area (Å²) in [5.74, 6) is 2.66. The van der Waals surface area contributed by atoms with Gasteiger partial charge in [-0.3, -0.25) is 0 Å². The summed E-state index contributed by atoms with van der Waals surface area (Å²) in [5.41, 5.74) is 3.39. The van der Waals surface area contributed by atoms with E-state index >= 15 is 0 Å². The standard InChI is InChI=1S/C20H20N6O2/c1-27-15-6-3-13(4-7-15)9-10-21-19-17-20(24-12-23-17)26-18(25-19)14-5-8-16(28-2)22-11-14/h3-8,11-12H,9-10H2,1-2H3,(H2,21,23,24,25,26). The smallest absolute Gasteiger partial charge is 0.212 e. The average molecular weight is 376 g/mol. The van der Waals surface area contributed by atoms with Gasteiger partial charge in [0, 0.05) is 24.4 Å². The van der Waals surface area contributed by atoms with Gasteiger partial charge in [0.1, 0.15) is 11.3 Å². The SMILES string of the molecule is COc1ccc(CCNc2nc(-c3ccc(OC)nc3)nc3nc[nH]c23)cc1. The van der Waals surface area contributed by atoms with Gasteiger partial charge >= 0.3 is 0 Å². The number of imidazole rings is 1. The molecule has 2 N–H and O–H groups in total. The molecule has 8 heteroatoms. The Morgan fingerprint density at radius 3 is 2.54 bits per heavy atom. The molecule has 1 aromatic carbocycles. The van der Waals surface area contributed by atoms with Crippen molar-refractivity contribution in [3.8, 4) is 23.0 Å². The average Bonchev–Trinajstić information content (AvgIpc) is 3.23. The van der Waals surface area contributed by atoms with Crippen LogP contribution in [-0.2, 0) is 6.42 Å². The molecular weight excluding hydrogens is 356 g/mol. The number of hydrogen-bond donors (Lipinski definition) is 2. The third kappa shape index (κ3) is 3.71. The fourth-order valence-corrected chi connectivity index (χ4v) is 2.84. The van der Waals surface area contributed by atoms with E-state index in [9.17, 15) is 0 Å². The first-order valence-electron chi connectivity index (χ1n) is 8.85. The van der Waals surface area contributed by atoms with Gasteiger partial charge in [-0.15, -0.1) is 0 Å². The molecular formula is C20H20N6O2. The van der Waals surface area contributed by atoms with Gasteiger partial charge in [0.05, 0.1) is 20.5 Å². The number of pyridine rings is 1. The van der Waals surface area contributed by atoms with Crippen LogP contribution in [0.5, 0.6) is 11.6 Å². The largest absolute Gasteiger partial charge is 0.497 e. The molecule has 4 rings (SSSR count). The van der Waals surface area contributed by atoms with Crippen LogP contribution in [0.25, 0.3) is 22.6 Å². The number of fused-ring (bicyclic) bond motifs is 1. The van der Waals surface area contributed by atoms with Crippen molar-refractivity contribution in [3.63, 3.8) is 0 Å². The highest BCUT2D eigenvalue weighted by molar-refractivity contribution is 5.84. The number of anilines is 1. The van der Waals surface area contributed by atoms with E-state index in [0.29, 0.717) is 23.2 Å². The molecule has 4 aromatic rings. The Hall–Kier alpha value is -3.68. The minimum atomic E-state index is 0.544. The lowest BCUT2D eigenvalue weighted by Gasteiger charge is -2.09. The molecule has 0 aliphatic rings. The van der Waals surface area contributed by atoms with Crippen molar-refractivity contribution in [1.82, 2.24) is 24.9 Å². The highest BCUT2D eigenvalue weighted by Crippen LogP contribution is 2.23. The minimum absolute atomic E-state index is 0.544. The number of nitrogens with one attached hydrogen (secondary N) is 2. The topological polar surface area (TPSA) is 97.8 Å². The van der Waals surface area contributed by atoms with Crippen LogP contribution in [0.4, 0.5) is 5.82 Å². The lowest BCUT2D eigenvalue weighted by atomic mass is 10.1. The van der Waals surface area contributed by atoms with Crippen LogP contribution in [0.2, 0.25) is 0 Å². The first kappa shape index (κ1) is 17.7. The molecule has 0 saturated carbocycles. The lowest BCUT2D eigenvalue weighted by molar-refractivity contribution is 0.398. The fourth-order valence-electron chi connectivity index (χ4n) is 2.84. The Labute approximate surface area is 162 Å². The first-order valence-corrected chi connectivity index (χ1v) is 8.85. The second-order valence-corrected chi connectivity index (χ2v) is 6.11. The Morgan fingerprint density at radius 1 is 0.964 bits per heavy atom. The van der Waals surface area contributed by atoms with Crippen LogP contribution in [0.3, 0.4) is 0 Å². The number of benzene rings is 1. The summed E-state index contributed by atoms with van der Waals surface area (Å²) in [6.45, 7) is 0.720. The third-order valence-electron chi connectivity index (χ3n) is 4.35. The molecule has 0 bridgehead atoms. The van der Waals surface area contributed by atoms with E-state index in [1.807, 2.05) is 18.2 Å². The zero-order chi connectivity index (χ0) is 19.3. The number of aromatic nitrogens is 5. The van der Waals surface area contributed by atoms with Gasteiger partial charge in [-0.25, -0.2) is 19.9 Å². The normalized spacial score (nSPS) is 10.8. The van der Waals surface area contributed by atoms with Crippen LogP contribution < -0.4 is 14.8 Å². The van der Waals surface area contributed by atoms with Gasteiger partial charge in [0.25, 0.3) is 0 Å². The minimum Gasteiger partial charge on any atom is -0.497 e. The molecule has 8 nitrogen and oxygen atoms in total. The molecule has 0 aliphatic carbocycles. The Balaban J connectivity index is 1.54. The third-order valence-corrected chi connectivity index (χ3v) is 4.35. The number of rotatable bonds is 7. The molecule has 3 aromatic heterocycles. The zero-order valence-corrected chi connectivity index (χ0v) is 15.6. The van der Waals surface area contributed by atoms with Crippen molar-refractivity contribution in [1.29, 1.82) is 0 Å². The first-order chi connectivity index (χ1) is 13.8. The summed E-state index contributed by atoms with van der Waals surface area (Å²) in [7, 11) is 3.25. The summed E-state index contributed by atoms with van der Waals surface area (Å²) in [5, 5.41) is 3.38. The summed E-state index contributed by atoms with van der Waals surface area (Å²) in [6, 6.07) is 11.7. The molecule has 0 amide bonds. The molecule has 0 saturated heterocycles. The summed E-state index contributed by atoms with van der Waals surface area (Å²) >= 11 is 0. The highest BCUT2D eigenvalue weighted by Gasteiger charge is 2.12. The Morgan fingerprint density at radius 2 is 1.82 bits per heavy atom. The highest BCUT2D eigenvalue weighted by atomic mass is 16.5. The maximum atomic E-state index is 5.20. The Kier molecular flexibility index (Phi) is 5.01. The number of aromatic amines is 1. The van der Waals surface area contributed by atoms with Crippen LogP contribution in [0.1, 0.15) is 5.56 Å². The molecule has 142 valence electrons. The number of nitrogens with zero attached hydrogens (tertiary/aromatic N) is 4. The quantitative estimate of drug-likeness (QED) is 0.511. The number of ether oxygens (including phenoxy) is 2. The number of methoxy groups -OCH3 is 2. The van der Waals surface area contributed by atoms with Crippen LogP contribution in [0, 0.1) is 0 Å². The second-order valence-electron chi connectivity index (χ2n) is 6.11. The zero-order valence-electron chi connectivity index (χ0n) is 15.6. The predicted molar refractivity (Wildman–Crippen MR) is 107 cm³/mol. The summed E-state index contributed by atoms with van der Waals surface area (Å²) < 4.78 is 10.3. The number of hydrogen-bond acceptors (Lipinski definition) is 7. The second kappa shape index (κ2) is 7.91. The van der Waals surface area contributed by atoms with Crippen LogP contribution in [-0.4, -0.2) is 45.7 Å². The van der Waals surface area contributed by atoms with Gasteiger partial charge in [-0.2, -0.15) is 0 Å². The number of H-pyrrole nitrogens is 1. The van der Waals surface area contributed by atoms with Crippen molar-refractivity contribution in [2.75, 3.05) is 26.1 Å². The van der Waals surface area contributed by atoms with Crippen molar-refractivity contribution < 1.29 is 9.47 Å². The summed E-state index contributed by atoms with van der Waals surface area (Å²) in [6.07, 6.45) is 4.15. The van der Waals surface area contributed by atoms with Gasteiger partial charge in [-0.05, 0) is 30.2 Å². The Bertz CT molecular complexity index is 1060. The molecule has 0 atom stereocenters. The van der Waals surface area contributed by atoms with Crippen molar-refractivity contribution in [2.45, 2.75) is 6.42 Å². The molecule has 0 fully saturated rings. The van der Waals surface area contributed by atoms with Crippen molar-refractivity contribution >= 4 is 17.0 Å². The van der Waals surface area contributed by atoms with Gasteiger partial charge in [0.15, 0.2) is 17.3 Å². The summed E-state index contributed by atoms with van der Waals surface area (Å²) in [4.78, 5) is 20.8. The van der Waals surface area contributed by atoms with Gasteiger partial charge < -0.3 is 19.8 Å². The van der Waals surface area contributed by atoms with Crippen LogP contribution in [0.15, 0.2) is 48.9 Å². The van der Waals surface area contributed by atoms with Gasteiger partial charge in [-0.1, -0.05) is 12.1 Å². The fraction of sp³-hybridized carbons (Fsp3) is 0.200. The van der Waals surface area contributed by atoms with E-state index in [-0.39, 0.29) is 0 Å². The van der Waals surface area contributed by atoms with E-state index < -0.39 is 0 Å². The van der Waals surface area contributed by atoms with Crippen LogP contribution >= 0.6 is 0 Å². The lowest BCUT2D eigenvalue weighted by Crippen LogP contribution is -2.08. The molecule has 3 heterocycles. The predicted octanol–water partition coefficient (Wildman–Crippen LogP) is 3.09. The molecule has 0 spiro atoms.